The summed E-state index contributed by atoms with van der Waals surface area (Å²) in [5, 5.41) is 14.0. The van der Waals surface area contributed by atoms with Gasteiger partial charge in [-0.15, -0.1) is 0 Å². The lowest BCUT2D eigenvalue weighted by Crippen LogP contribution is -2.36. The van der Waals surface area contributed by atoms with E-state index < -0.39 is 23.7 Å². The molecule has 0 aromatic rings. The Kier molecular flexibility index (Phi) is 6.57. The molecule has 0 aliphatic heterocycles. The average Bonchev–Trinajstić information content (AvgIpc) is 2.14. The third-order valence-electron chi connectivity index (χ3n) is 1.98. The molecule has 0 rings (SSSR count). The number of carboxylic acid groups (broad SMARTS) is 1. The maximum atomic E-state index is 11.2. The van der Waals surface area contributed by atoms with E-state index in [1.807, 2.05) is 0 Å². The van der Waals surface area contributed by atoms with Crippen LogP contribution in [0.1, 0.15) is 33.6 Å². The second-order valence-electron chi connectivity index (χ2n) is 4.75. The highest BCUT2D eigenvalue weighted by molar-refractivity contribution is 5.73. The molecule has 0 aliphatic rings. The highest BCUT2D eigenvalue weighted by Gasteiger charge is 2.16. The number of aliphatic carboxylic acids is 1. The van der Waals surface area contributed by atoms with Crippen LogP contribution >= 0.6 is 0 Å². The number of carbonyl (C=O) groups is 2. The Morgan fingerprint density at radius 1 is 1.35 bits per heavy atom. The van der Waals surface area contributed by atoms with Gasteiger partial charge in [-0.25, -0.2) is 4.79 Å². The first kappa shape index (κ1) is 15.7. The molecule has 0 aliphatic carbocycles. The number of carbonyl (C=O) groups excluding carboxylic acids is 1. The zero-order valence-corrected chi connectivity index (χ0v) is 10.9. The van der Waals surface area contributed by atoms with Crippen molar-refractivity contribution in [2.75, 3.05) is 13.6 Å². The van der Waals surface area contributed by atoms with Crippen LogP contribution in [0.3, 0.4) is 0 Å². The van der Waals surface area contributed by atoms with Gasteiger partial charge in [0.15, 0.2) is 0 Å². The normalized spacial score (nSPS) is 12.9. The van der Waals surface area contributed by atoms with Gasteiger partial charge in [-0.1, -0.05) is 0 Å². The molecule has 6 nitrogen and oxygen atoms in total. The number of hydrogen-bond acceptors (Lipinski definition) is 4. The molecule has 0 aromatic carbocycles. The summed E-state index contributed by atoms with van der Waals surface area (Å²) < 4.78 is 5.04. The standard InChI is InChI=1S/C11H22N2O4/c1-11(2,3)17-10(16)13-7-5-6-8(12-4)9(14)15/h8,12H,5-7H2,1-4H3,(H,13,16)(H,14,15)/t8-/m0/s1. The molecule has 0 aromatic heterocycles. The Morgan fingerprint density at radius 3 is 2.35 bits per heavy atom. The fraction of sp³-hybridized carbons (Fsp3) is 0.818. The molecule has 0 heterocycles. The monoisotopic (exact) mass is 246 g/mol. The molecule has 1 atom stereocenters. The molecule has 0 bridgehead atoms. The van der Waals surface area contributed by atoms with Gasteiger partial charge in [-0.2, -0.15) is 0 Å². The Balaban J connectivity index is 3.71. The first-order valence-corrected chi connectivity index (χ1v) is 5.63. The quantitative estimate of drug-likeness (QED) is 0.608. The smallest absolute Gasteiger partial charge is 0.407 e. The number of rotatable bonds is 6. The predicted octanol–water partition coefficient (Wildman–Crippen LogP) is 0.964. The van der Waals surface area contributed by atoms with Gasteiger partial charge in [-0.05, 0) is 40.7 Å². The van der Waals surface area contributed by atoms with Crippen LogP contribution in [0.5, 0.6) is 0 Å². The summed E-state index contributed by atoms with van der Waals surface area (Å²) in [5.41, 5.74) is -0.515. The van der Waals surface area contributed by atoms with Crippen molar-refractivity contribution in [3.63, 3.8) is 0 Å². The Hall–Kier alpha value is -1.30. The third kappa shape index (κ3) is 8.50. The number of ether oxygens (including phenoxy) is 1. The lowest BCUT2D eigenvalue weighted by atomic mass is 10.1. The molecule has 0 radical (unpaired) electrons. The van der Waals surface area contributed by atoms with Crippen molar-refractivity contribution < 1.29 is 19.4 Å². The van der Waals surface area contributed by atoms with Gasteiger partial charge in [0.25, 0.3) is 0 Å². The van der Waals surface area contributed by atoms with Gasteiger partial charge in [0.05, 0.1) is 0 Å². The maximum absolute atomic E-state index is 11.2. The molecule has 0 fully saturated rings. The van der Waals surface area contributed by atoms with Crippen LogP contribution in [0.25, 0.3) is 0 Å². The molecule has 0 unspecified atom stereocenters. The van der Waals surface area contributed by atoms with Crippen molar-refractivity contribution in [2.45, 2.75) is 45.3 Å². The van der Waals surface area contributed by atoms with E-state index in [1.165, 1.54) is 0 Å². The number of hydrogen-bond donors (Lipinski definition) is 3. The minimum absolute atomic E-state index is 0.403. The van der Waals surface area contributed by atoms with Crippen molar-refractivity contribution in [3.8, 4) is 0 Å². The number of alkyl carbamates (subject to hydrolysis) is 1. The summed E-state index contributed by atoms with van der Waals surface area (Å²) in [6.45, 7) is 5.76. The summed E-state index contributed by atoms with van der Waals surface area (Å²) in [7, 11) is 1.60. The summed E-state index contributed by atoms with van der Waals surface area (Å²) >= 11 is 0. The molecule has 0 spiro atoms. The molecule has 3 N–H and O–H groups in total. The molecular weight excluding hydrogens is 224 g/mol. The zero-order chi connectivity index (χ0) is 13.5. The number of amides is 1. The molecular formula is C11H22N2O4. The van der Waals surface area contributed by atoms with E-state index in [0.717, 1.165) is 0 Å². The number of carboxylic acids is 1. The van der Waals surface area contributed by atoms with Gasteiger partial charge in [0, 0.05) is 6.54 Å². The van der Waals surface area contributed by atoms with Gasteiger partial charge in [0.2, 0.25) is 0 Å². The first-order valence-electron chi connectivity index (χ1n) is 5.63. The maximum Gasteiger partial charge on any atom is 0.407 e. The minimum Gasteiger partial charge on any atom is -0.480 e. The molecule has 0 saturated carbocycles. The van der Waals surface area contributed by atoms with E-state index in [4.69, 9.17) is 9.84 Å². The van der Waals surface area contributed by atoms with E-state index in [-0.39, 0.29) is 0 Å². The van der Waals surface area contributed by atoms with Gasteiger partial charge >= 0.3 is 12.1 Å². The first-order chi connectivity index (χ1) is 7.76. The van der Waals surface area contributed by atoms with Crippen LogP contribution in [-0.2, 0) is 9.53 Å². The number of likely N-dealkylation sites (N-methyl/N-ethyl adjacent to an activating group) is 1. The zero-order valence-electron chi connectivity index (χ0n) is 10.9. The molecule has 6 heteroatoms. The van der Waals surface area contributed by atoms with E-state index in [1.54, 1.807) is 27.8 Å². The predicted molar refractivity (Wildman–Crippen MR) is 64.0 cm³/mol. The Morgan fingerprint density at radius 2 is 1.94 bits per heavy atom. The highest BCUT2D eigenvalue weighted by Crippen LogP contribution is 2.06. The van der Waals surface area contributed by atoms with E-state index >= 15 is 0 Å². The second kappa shape index (κ2) is 7.11. The SMILES string of the molecule is CN[C@@H](CCCNC(=O)OC(C)(C)C)C(=O)O. The van der Waals surface area contributed by atoms with Crippen molar-refractivity contribution in [3.05, 3.63) is 0 Å². The van der Waals surface area contributed by atoms with Crippen LogP contribution in [0.2, 0.25) is 0 Å². The van der Waals surface area contributed by atoms with Gasteiger partial charge < -0.3 is 20.5 Å². The average molecular weight is 246 g/mol. The van der Waals surface area contributed by atoms with Crippen LogP contribution in [0.4, 0.5) is 4.79 Å². The van der Waals surface area contributed by atoms with E-state index in [0.29, 0.717) is 19.4 Å². The van der Waals surface area contributed by atoms with E-state index in [9.17, 15) is 9.59 Å². The summed E-state index contributed by atoms with van der Waals surface area (Å²) in [6.07, 6.45) is 0.562. The topological polar surface area (TPSA) is 87.7 Å². The molecule has 100 valence electrons. The number of nitrogens with one attached hydrogen (secondary N) is 2. The minimum atomic E-state index is -0.884. The molecule has 0 saturated heterocycles. The van der Waals surface area contributed by atoms with Crippen LogP contribution in [0, 0.1) is 0 Å². The van der Waals surface area contributed by atoms with E-state index in [2.05, 4.69) is 10.6 Å². The summed E-state index contributed by atoms with van der Waals surface area (Å²) in [6, 6.07) is -0.574. The van der Waals surface area contributed by atoms with Crippen molar-refractivity contribution in [1.82, 2.24) is 10.6 Å². The van der Waals surface area contributed by atoms with Gasteiger partial charge in [-0.3, -0.25) is 4.79 Å². The fourth-order valence-electron chi connectivity index (χ4n) is 1.20. The summed E-state index contributed by atoms with van der Waals surface area (Å²) in [4.78, 5) is 21.9. The summed E-state index contributed by atoms with van der Waals surface area (Å²) in [5.74, 6) is -0.884. The highest BCUT2D eigenvalue weighted by atomic mass is 16.6. The van der Waals surface area contributed by atoms with Gasteiger partial charge in [0.1, 0.15) is 11.6 Å². The van der Waals surface area contributed by atoms with Crippen LogP contribution < -0.4 is 10.6 Å². The third-order valence-corrected chi connectivity index (χ3v) is 1.98. The molecule has 1 amide bonds. The lowest BCUT2D eigenvalue weighted by Gasteiger charge is -2.19. The van der Waals surface area contributed by atoms with Crippen molar-refractivity contribution in [2.24, 2.45) is 0 Å². The Labute approximate surface area is 102 Å². The largest absolute Gasteiger partial charge is 0.480 e. The van der Waals surface area contributed by atoms with Crippen LogP contribution in [-0.4, -0.2) is 42.4 Å². The lowest BCUT2D eigenvalue weighted by molar-refractivity contribution is -0.139. The van der Waals surface area contributed by atoms with Crippen molar-refractivity contribution in [1.29, 1.82) is 0 Å². The molecule has 17 heavy (non-hydrogen) atoms. The van der Waals surface area contributed by atoms with Crippen molar-refractivity contribution >= 4 is 12.1 Å². The Bertz CT molecular complexity index is 261. The fourth-order valence-corrected chi connectivity index (χ4v) is 1.20. The second-order valence-corrected chi connectivity index (χ2v) is 4.75. The van der Waals surface area contributed by atoms with Crippen LogP contribution in [0.15, 0.2) is 0 Å².